The third kappa shape index (κ3) is 4.35. The minimum atomic E-state index is -0.488. The maximum atomic E-state index is 12.4. The van der Waals surface area contributed by atoms with Crippen LogP contribution in [-0.2, 0) is 9.59 Å². The summed E-state index contributed by atoms with van der Waals surface area (Å²) in [6.07, 6.45) is 10.4. The summed E-state index contributed by atoms with van der Waals surface area (Å²) in [6, 6.07) is 5.36. The molecule has 23 heavy (non-hydrogen) atoms. The molecule has 0 N–H and O–H groups in total. The highest BCUT2D eigenvalue weighted by Crippen LogP contribution is 2.29. The third-order valence-electron chi connectivity index (χ3n) is 4.39. The Hall–Kier alpha value is -2.28. The lowest BCUT2D eigenvalue weighted by Gasteiger charge is -2.22. The summed E-state index contributed by atoms with van der Waals surface area (Å²) in [6.45, 7) is 1.91. The van der Waals surface area contributed by atoms with Gasteiger partial charge in [0, 0.05) is 12.1 Å². The van der Waals surface area contributed by atoms with Gasteiger partial charge in [-0.15, -0.1) is 6.42 Å². The van der Waals surface area contributed by atoms with E-state index in [4.69, 9.17) is 11.2 Å². The number of Topliss-reactive ketones (excluding diaryl/α,β-unsaturated/α-hetero) is 1. The highest BCUT2D eigenvalue weighted by atomic mass is 16.5. The molecule has 1 aromatic carbocycles. The van der Waals surface area contributed by atoms with Crippen molar-refractivity contribution >= 4 is 17.4 Å². The number of terminal acetylenes is 1. The van der Waals surface area contributed by atoms with Crippen molar-refractivity contribution in [2.24, 2.45) is 5.92 Å². The lowest BCUT2D eigenvalue weighted by atomic mass is 10.0. The second-order valence-electron chi connectivity index (χ2n) is 6.08. The van der Waals surface area contributed by atoms with Gasteiger partial charge in [0.15, 0.2) is 5.78 Å². The van der Waals surface area contributed by atoms with E-state index in [-0.39, 0.29) is 12.3 Å². The first-order chi connectivity index (χ1) is 11.0. The molecule has 0 spiro atoms. The molecule has 4 heteroatoms. The molecule has 0 unspecified atom stereocenters. The molecule has 0 heterocycles. The number of ketones is 1. The molecule has 1 aliphatic rings. The second-order valence-corrected chi connectivity index (χ2v) is 6.08. The molecule has 1 fully saturated rings. The highest BCUT2D eigenvalue weighted by molar-refractivity contribution is 6.08. The molecule has 4 nitrogen and oxygen atoms in total. The standard InChI is InChI=1S/C19H23NO3/c1-4-19(22)20(13-16(21)12-15-7-5-6-8-15)18-10-9-17(23-3)11-14(18)2/h1,9-11,15H,5-8,12-13H2,2-3H3. The molecule has 122 valence electrons. The van der Waals surface area contributed by atoms with E-state index < -0.39 is 5.91 Å². The number of anilines is 1. The second kappa shape index (κ2) is 7.82. The van der Waals surface area contributed by atoms with Crippen LogP contribution in [0.3, 0.4) is 0 Å². The predicted octanol–water partition coefficient (Wildman–Crippen LogP) is 3.12. The van der Waals surface area contributed by atoms with Gasteiger partial charge in [0.05, 0.1) is 13.7 Å². The average Bonchev–Trinajstić information content (AvgIpc) is 3.05. The van der Waals surface area contributed by atoms with Crippen LogP contribution in [0.1, 0.15) is 37.7 Å². The zero-order chi connectivity index (χ0) is 16.8. The largest absolute Gasteiger partial charge is 0.497 e. The zero-order valence-corrected chi connectivity index (χ0v) is 13.8. The van der Waals surface area contributed by atoms with Crippen molar-refractivity contribution in [2.75, 3.05) is 18.6 Å². The lowest BCUT2D eigenvalue weighted by molar-refractivity contribution is -0.121. The van der Waals surface area contributed by atoms with Crippen molar-refractivity contribution in [3.8, 4) is 18.1 Å². The molecule has 0 bridgehead atoms. The molecule has 0 radical (unpaired) electrons. The Morgan fingerprint density at radius 2 is 2.04 bits per heavy atom. The maximum absolute atomic E-state index is 12.4. The fourth-order valence-corrected chi connectivity index (χ4v) is 3.18. The number of methoxy groups -OCH3 is 1. The van der Waals surface area contributed by atoms with Gasteiger partial charge in [0.2, 0.25) is 0 Å². The number of ether oxygens (including phenoxy) is 1. The summed E-state index contributed by atoms with van der Waals surface area (Å²) >= 11 is 0. The molecule has 1 aromatic rings. The third-order valence-corrected chi connectivity index (χ3v) is 4.39. The van der Waals surface area contributed by atoms with Crippen molar-refractivity contribution in [1.82, 2.24) is 0 Å². The smallest absolute Gasteiger partial charge is 0.303 e. The normalized spacial score (nSPS) is 14.3. The summed E-state index contributed by atoms with van der Waals surface area (Å²) in [5, 5.41) is 0. The van der Waals surface area contributed by atoms with Crippen LogP contribution in [0.5, 0.6) is 5.75 Å². The number of nitrogens with zero attached hydrogens (tertiary/aromatic N) is 1. The zero-order valence-electron chi connectivity index (χ0n) is 13.8. The summed E-state index contributed by atoms with van der Waals surface area (Å²) in [7, 11) is 1.59. The molecular weight excluding hydrogens is 290 g/mol. The Morgan fingerprint density at radius 3 is 2.61 bits per heavy atom. The predicted molar refractivity (Wildman–Crippen MR) is 90.5 cm³/mol. The van der Waals surface area contributed by atoms with Gasteiger partial charge < -0.3 is 4.74 Å². The number of carbonyl (C=O) groups is 2. The number of carbonyl (C=O) groups excluding carboxylic acids is 2. The molecule has 1 saturated carbocycles. The van der Waals surface area contributed by atoms with Crippen LogP contribution in [0.25, 0.3) is 0 Å². The lowest BCUT2D eigenvalue weighted by Crippen LogP contribution is -2.35. The molecule has 0 aliphatic heterocycles. The first-order valence-corrected chi connectivity index (χ1v) is 7.99. The summed E-state index contributed by atoms with van der Waals surface area (Å²) in [5.74, 6) is 2.87. The van der Waals surface area contributed by atoms with E-state index in [1.54, 1.807) is 19.2 Å². The fourth-order valence-electron chi connectivity index (χ4n) is 3.18. The van der Waals surface area contributed by atoms with Crippen LogP contribution in [0.15, 0.2) is 18.2 Å². The van der Waals surface area contributed by atoms with E-state index >= 15 is 0 Å². The van der Waals surface area contributed by atoms with Gasteiger partial charge in [-0.1, -0.05) is 25.7 Å². The van der Waals surface area contributed by atoms with Crippen LogP contribution in [0.4, 0.5) is 5.69 Å². The first kappa shape index (κ1) is 17.1. The number of rotatable bonds is 6. The quantitative estimate of drug-likeness (QED) is 0.758. The van der Waals surface area contributed by atoms with E-state index in [2.05, 4.69) is 5.92 Å². The Balaban J connectivity index is 2.15. The Kier molecular flexibility index (Phi) is 5.81. The van der Waals surface area contributed by atoms with Gasteiger partial charge >= 0.3 is 5.91 Å². The summed E-state index contributed by atoms with van der Waals surface area (Å²) in [4.78, 5) is 25.8. The average molecular weight is 313 g/mol. The Morgan fingerprint density at radius 1 is 1.35 bits per heavy atom. The van der Waals surface area contributed by atoms with Crippen molar-refractivity contribution in [3.05, 3.63) is 23.8 Å². The minimum Gasteiger partial charge on any atom is -0.497 e. The van der Waals surface area contributed by atoms with Crippen LogP contribution in [-0.4, -0.2) is 25.3 Å². The number of hydrogen-bond donors (Lipinski definition) is 0. The molecule has 0 saturated heterocycles. The van der Waals surface area contributed by atoms with Crippen LogP contribution in [0, 0.1) is 25.2 Å². The van der Waals surface area contributed by atoms with Gasteiger partial charge in [-0.2, -0.15) is 0 Å². The van der Waals surface area contributed by atoms with E-state index in [1.165, 1.54) is 17.7 Å². The number of benzene rings is 1. The monoisotopic (exact) mass is 313 g/mol. The molecular formula is C19H23NO3. The topological polar surface area (TPSA) is 46.6 Å². The first-order valence-electron chi connectivity index (χ1n) is 7.99. The molecule has 1 aliphatic carbocycles. The molecule has 0 aromatic heterocycles. The molecule has 0 atom stereocenters. The van der Waals surface area contributed by atoms with Gasteiger partial charge in [-0.25, -0.2) is 0 Å². The van der Waals surface area contributed by atoms with E-state index in [0.29, 0.717) is 23.8 Å². The Bertz CT molecular complexity index is 624. The minimum absolute atomic E-state index is 0.0344. The van der Waals surface area contributed by atoms with Crippen molar-refractivity contribution in [1.29, 1.82) is 0 Å². The fraction of sp³-hybridized carbons (Fsp3) is 0.474. The van der Waals surface area contributed by atoms with Gasteiger partial charge in [0.25, 0.3) is 0 Å². The van der Waals surface area contributed by atoms with Crippen molar-refractivity contribution in [3.63, 3.8) is 0 Å². The maximum Gasteiger partial charge on any atom is 0.303 e. The van der Waals surface area contributed by atoms with E-state index in [1.807, 2.05) is 13.0 Å². The van der Waals surface area contributed by atoms with Gasteiger partial charge in [-0.3, -0.25) is 14.5 Å². The number of aryl methyl sites for hydroxylation is 1. The van der Waals surface area contributed by atoms with Gasteiger partial charge in [0.1, 0.15) is 5.75 Å². The Labute approximate surface area is 137 Å². The number of hydrogen-bond acceptors (Lipinski definition) is 3. The highest BCUT2D eigenvalue weighted by Gasteiger charge is 2.23. The molecule has 2 rings (SSSR count). The van der Waals surface area contributed by atoms with Gasteiger partial charge in [-0.05, 0) is 42.5 Å². The molecule has 1 amide bonds. The summed E-state index contributed by atoms with van der Waals surface area (Å²) in [5.41, 5.74) is 1.51. The van der Waals surface area contributed by atoms with Crippen LogP contribution in [0.2, 0.25) is 0 Å². The van der Waals surface area contributed by atoms with Crippen LogP contribution < -0.4 is 9.64 Å². The SMILES string of the molecule is C#CC(=O)N(CC(=O)CC1CCCC1)c1ccc(OC)cc1C. The summed E-state index contributed by atoms with van der Waals surface area (Å²) < 4.78 is 5.18. The number of amides is 1. The van der Waals surface area contributed by atoms with Crippen molar-refractivity contribution in [2.45, 2.75) is 39.0 Å². The van der Waals surface area contributed by atoms with Crippen molar-refractivity contribution < 1.29 is 14.3 Å². The van der Waals surface area contributed by atoms with E-state index in [0.717, 1.165) is 18.4 Å². The van der Waals surface area contributed by atoms with E-state index in [9.17, 15) is 9.59 Å². The van der Waals surface area contributed by atoms with Crippen LogP contribution >= 0.6 is 0 Å².